The highest BCUT2D eigenvalue weighted by molar-refractivity contribution is 8.76. The number of rotatable bonds is 16. The van der Waals surface area contributed by atoms with Crippen LogP contribution < -0.4 is 76.1 Å². The number of aliphatic carboxylic acids is 2. The van der Waals surface area contributed by atoms with Crippen molar-refractivity contribution in [3.05, 3.63) is 54.2 Å². The first-order chi connectivity index (χ1) is 41.5. The third kappa shape index (κ3) is 23.4. The van der Waals surface area contributed by atoms with E-state index < -0.39 is 175 Å². The second-order valence-corrected chi connectivity index (χ2v) is 23.8. The van der Waals surface area contributed by atoms with Crippen molar-refractivity contribution in [1.82, 2.24) is 68.1 Å². The van der Waals surface area contributed by atoms with Crippen LogP contribution >= 0.6 is 21.6 Å². The van der Waals surface area contributed by atoms with Gasteiger partial charge in [-0.15, -0.1) is 0 Å². The monoisotopic (exact) mass is 1270 g/mol. The summed E-state index contributed by atoms with van der Waals surface area (Å²) in [4.78, 5) is 190. The van der Waals surface area contributed by atoms with Crippen molar-refractivity contribution in [2.45, 2.75) is 140 Å². The molecule has 0 bridgehead atoms. The Labute approximate surface area is 512 Å². The van der Waals surface area contributed by atoms with Crippen LogP contribution in [0.3, 0.4) is 0 Å². The number of primary amides is 1. The number of fused-ring (bicyclic) bond motifs is 1. The molecule has 35 heteroatoms. The van der Waals surface area contributed by atoms with E-state index in [0.717, 1.165) is 21.6 Å². The number of aromatic nitrogens is 3. The van der Waals surface area contributed by atoms with Crippen LogP contribution in [0, 0.1) is 11.8 Å². The number of hydrogen-bond donors (Lipinski definition) is 18. The molecule has 33 nitrogen and oxygen atoms in total. The van der Waals surface area contributed by atoms with E-state index >= 15 is 0 Å². The van der Waals surface area contributed by atoms with Gasteiger partial charge in [-0.2, -0.15) is 0 Å². The van der Waals surface area contributed by atoms with Gasteiger partial charge in [-0.1, -0.05) is 67.5 Å². The van der Waals surface area contributed by atoms with Gasteiger partial charge in [0.05, 0.1) is 25.3 Å². The molecule has 482 valence electrons. The van der Waals surface area contributed by atoms with Gasteiger partial charge in [0.1, 0.15) is 54.4 Å². The molecule has 22 N–H and O–H groups in total. The lowest BCUT2D eigenvalue weighted by atomic mass is 9.98. The van der Waals surface area contributed by atoms with Gasteiger partial charge in [-0.25, -0.2) is 9.78 Å². The fourth-order valence-electron chi connectivity index (χ4n) is 8.62. The van der Waals surface area contributed by atoms with Crippen LogP contribution in [0.2, 0.25) is 0 Å². The SMILES string of the molecule is CC(C)[C@@H]1NC(=O)[C@H](C(C)C)NC(=O)[C@@H](N)CSSC[C@@H](C(=O)O)NC(=O)[C@H](CCCN=C(N)N)NC(=O)[C@H](C)NC(=O)[C@H](Cc2cnc[nH]2)NC(=O)CNC(=O)[C@H](Cc2c[nH]c3ccccc23)NC(=O)[C@H](CC(=O)O)NC(=O)[C@H](CCC(N)=O)NC1=O. The molecule has 1 fully saturated rings. The second-order valence-electron chi connectivity index (χ2n) is 21.2. The van der Waals surface area contributed by atoms with Gasteiger partial charge in [-0.3, -0.25) is 62.5 Å². The third-order valence-electron chi connectivity index (χ3n) is 13.5. The zero-order valence-corrected chi connectivity index (χ0v) is 50.6. The normalized spacial score (nSPS) is 24.5. The van der Waals surface area contributed by atoms with Crippen LogP contribution in [0.4, 0.5) is 0 Å². The van der Waals surface area contributed by atoms with Crippen LogP contribution in [-0.4, -0.2) is 193 Å². The molecule has 0 aliphatic carbocycles. The Bertz CT molecular complexity index is 3010. The molecule has 1 saturated heterocycles. The Morgan fingerprint density at radius 2 is 1.22 bits per heavy atom. The molecular formula is C53H78N18O15S2. The van der Waals surface area contributed by atoms with Gasteiger partial charge in [0.2, 0.25) is 65.0 Å². The van der Waals surface area contributed by atoms with Gasteiger partial charge in [-0.05, 0) is 49.7 Å². The molecule has 1 aliphatic heterocycles. The first kappa shape index (κ1) is 71.5. The summed E-state index contributed by atoms with van der Waals surface area (Å²) in [5.74, 6) is -15.9. The van der Waals surface area contributed by atoms with Gasteiger partial charge in [0.15, 0.2) is 5.96 Å². The minimum absolute atomic E-state index is 0.00191. The number of para-hydroxylation sites is 1. The van der Waals surface area contributed by atoms with Crippen molar-refractivity contribution in [2.75, 3.05) is 24.6 Å². The number of carbonyl (C=O) groups excluding carboxylic acids is 11. The minimum atomic E-state index is -1.97. The Morgan fingerprint density at radius 3 is 1.84 bits per heavy atom. The molecule has 3 heterocycles. The molecule has 0 unspecified atom stereocenters. The Hall–Kier alpha value is -8.99. The number of hydrogen-bond acceptors (Lipinski definition) is 18. The molecule has 10 atom stereocenters. The second kappa shape index (κ2) is 35.0. The minimum Gasteiger partial charge on any atom is -0.481 e. The molecule has 88 heavy (non-hydrogen) atoms. The predicted octanol–water partition coefficient (Wildman–Crippen LogP) is -4.91. The Kier molecular flexibility index (Phi) is 28.4. The van der Waals surface area contributed by atoms with E-state index in [-0.39, 0.29) is 49.7 Å². The first-order valence-corrected chi connectivity index (χ1v) is 30.3. The highest BCUT2D eigenvalue weighted by Crippen LogP contribution is 2.24. The first-order valence-electron chi connectivity index (χ1n) is 27.8. The molecule has 1 aromatic carbocycles. The van der Waals surface area contributed by atoms with Gasteiger partial charge >= 0.3 is 11.9 Å². The zero-order chi connectivity index (χ0) is 65.4. The van der Waals surface area contributed by atoms with E-state index in [1.54, 1.807) is 58.2 Å². The van der Waals surface area contributed by atoms with Crippen molar-refractivity contribution < 1.29 is 72.5 Å². The molecule has 4 rings (SSSR count). The number of nitrogens with zero attached hydrogens (tertiary/aromatic N) is 2. The number of aliphatic imine (C=N–C) groups is 1. The lowest BCUT2D eigenvalue weighted by Crippen LogP contribution is -2.61. The standard InChI is InChI=1S/C53H78N18O15S2/c1-24(2)41-50(83)66-33(12-13-38(55)72)47(80)68-36(17-40(74)75)49(82)67-34(15-27-18-60-31-10-7-6-9-29(27)31)45(78)61-20-39(73)64-35(16-28-19-58-23-62-28)48(81)63-26(5)43(76)65-32(11-8-14-59-53(56)57)46(79)69-37(52(85)86)22-88-87-21-30(54)44(77)70-42(25(3)4)51(84)71-41/h6-7,9-10,18-19,23-26,30,32-37,41-42,60H,8,11-17,20-22,54H2,1-5H3,(H2,55,72)(H,58,62)(H,61,78)(H,63,81)(H,64,73)(H,65,76)(H,66,83)(H,67,82)(H,68,80)(H,69,79)(H,70,77)(H,71,84)(H,74,75)(H,85,86)(H4,56,57,59)/t26-,30-,32-,33-,34-,35-,36-,37-,41-,42-/m0/s1. The maximum absolute atomic E-state index is 14.3. The van der Waals surface area contributed by atoms with Crippen molar-refractivity contribution in [2.24, 2.45) is 39.8 Å². The number of carboxylic acids is 2. The number of carbonyl (C=O) groups is 13. The number of nitrogens with two attached hydrogens (primary N) is 4. The predicted molar refractivity (Wildman–Crippen MR) is 321 cm³/mol. The summed E-state index contributed by atoms with van der Waals surface area (Å²) in [5.41, 5.74) is 24.0. The number of carboxylic acid groups (broad SMARTS) is 2. The van der Waals surface area contributed by atoms with E-state index in [4.69, 9.17) is 22.9 Å². The molecule has 1 aliphatic rings. The van der Waals surface area contributed by atoms with Crippen molar-refractivity contribution in [3.63, 3.8) is 0 Å². The van der Waals surface area contributed by atoms with Crippen LogP contribution in [-0.2, 0) is 75.2 Å². The van der Waals surface area contributed by atoms with Gasteiger partial charge in [0.25, 0.3) is 0 Å². The third-order valence-corrected chi connectivity index (χ3v) is 15.9. The summed E-state index contributed by atoms with van der Waals surface area (Å²) in [5, 5.41) is 45.3. The van der Waals surface area contributed by atoms with Crippen molar-refractivity contribution in [1.29, 1.82) is 0 Å². The topological polar surface area (TPSA) is 544 Å². The quantitative estimate of drug-likeness (QED) is 0.0277. The number of amides is 11. The van der Waals surface area contributed by atoms with E-state index in [1.165, 1.54) is 19.4 Å². The molecule has 2 aromatic heterocycles. The molecular weight excluding hydrogens is 1190 g/mol. The number of imidazole rings is 1. The van der Waals surface area contributed by atoms with Gasteiger partial charge in [0, 0.05) is 66.3 Å². The number of benzene rings is 1. The largest absolute Gasteiger partial charge is 0.481 e. The summed E-state index contributed by atoms with van der Waals surface area (Å²) in [6, 6.07) is -8.38. The summed E-state index contributed by atoms with van der Waals surface area (Å²) >= 11 is 0. The molecule has 3 aromatic rings. The zero-order valence-electron chi connectivity index (χ0n) is 49.0. The van der Waals surface area contributed by atoms with Crippen LogP contribution in [0.15, 0.2) is 48.0 Å². The lowest BCUT2D eigenvalue weighted by Gasteiger charge is -2.29. The number of aromatic amines is 2. The maximum Gasteiger partial charge on any atom is 0.327 e. The highest BCUT2D eigenvalue weighted by atomic mass is 33.1. The Morgan fingerprint density at radius 1 is 0.648 bits per heavy atom. The maximum atomic E-state index is 14.3. The average Bonchev–Trinajstić information content (AvgIpc) is 4.23. The van der Waals surface area contributed by atoms with Crippen LogP contribution in [0.1, 0.15) is 78.0 Å². The fraction of sp³-hybridized carbons (Fsp3) is 0.528. The molecule has 0 saturated carbocycles. The summed E-state index contributed by atoms with van der Waals surface area (Å²) in [6.07, 6.45) is 1.51. The molecule has 11 amide bonds. The summed E-state index contributed by atoms with van der Waals surface area (Å²) in [7, 11) is 1.88. The van der Waals surface area contributed by atoms with Crippen molar-refractivity contribution in [3.8, 4) is 0 Å². The summed E-state index contributed by atoms with van der Waals surface area (Å²) in [6.45, 7) is 6.69. The van der Waals surface area contributed by atoms with Crippen LogP contribution in [0.5, 0.6) is 0 Å². The molecule has 0 radical (unpaired) electrons. The van der Waals surface area contributed by atoms with E-state index in [2.05, 4.69) is 73.1 Å². The summed E-state index contributed by atoms with van der Waals surface area (Å²) < 4.78 is 0. The highest BCUT2D eigenvalue weighted by Gasteiger charge is 2.37. The number of nitrogens with one attached hydrogen (secondary N) is 12. The van der Waals surface area contributed by atoms with E-state index in [1.807, 2.05) is 0 Å². The number of H-pyrrole nitrogens is 2. The lowest BCUT2D eigenvalue weighted by molar-refractivity contribution is -0.142. The average molecular weight is 1270 g/mol. The van der Waals surface area contributed by atoms with Gasteiger partial charge < -0.3 is 96.3 Å². The smallest absolute Gasteiger partial charge is 0.327 e. The molecule has 0 spiro atoms. The fourth-order valence-corrected chi connectivity index (χ4v) is 10.9. The van der Waals surface area contributed by atoms with Crippen molar-refractivity contribution >= 4 is 115 Å². The Balaban J connectivity index is 1.75. The number of guanidine groups is 1. The van der Waals surface area contributed by atoms with E-state index in [0.29, 0.717) is 22.2 Å². The van der Waals surface area contributed by atoms with E-state index in [9.17, 15) is 72.5 Å². The van der Waals surface area contributed by atoms with Crippen LogP contribution in [0.25, 0.3) is 10.9 Å².